The minimum Gasteiger partial charge on any atom is -0.495 e. The van der Waals surface area contributed by atoms with Crippen LogP contribution in [-0.2, 0) is 16.6 Å². The van der Waals surface area contributed by atoms with Gasteiger partial charge in [-0.05, 0) is 47.9 Å². The van der Waals surface area contributed by atoms with Crippen molar-refractivity contribution in [2.45, 2.75) is 31.7 Å². The van der Waals surface area contributed by atoms with E-state index in [1.807, 2.05) is 31.4 Å². The molecule has 0 unspecified atom stereocenters. The van der Waals surface area contributed by atoms with Gasteiger partial charge in [-0.2, -0.15) is 4.31 Å². The molecule has 1 amide bonds. The van der Waals surface area contributed by atoms with Crippen LogP contribution in [0.3, 0.4) is 0 Å². The van der Waals surface area contributed by atoms with E-state index in [-0.39, 0.29) is 34.6 Å². The Hall–Kier alpha value is -2.69. The molecule has 0 radical (unpaired) electrons. The van der Waals surface area contributed by atoms with Gasteiger partial charge in [-0.25, -0.2) is 13.4 Å². The minimum absolute atomic E-state index is 0.000341. The van der Waals surface area contributed by atoms with Gasteiger partial charge in [0.25, 0.3) is 5.91 Å². The van der Waals surface area contributed by atoms with Crippen molar-refractivity contribution in [2.24, 2.45) is 11.8 Å². The first-order valence-electron chi connectivity index (χ1n) is 10.7. The molecule has 33 heavy (non-hydrogen) atoms. The molecule has 3 aromatic rings. The SMILES string of the molecule is COc1ccc(C(=O)NCc2coc(-c3cccs3)n2)cc1S(=O)(=O)N1C[C@@H](C)C[C@H](C)C1. The number of carbonyl (C=O) groups excluding carboxylic acids is 1. The fourth-order valence-electron chi connectivity index (χ4n) is 4.14. The lowest BCUT2D eigenvalue weighted by atomic mass is 9.94. The topological polar surface area (TPSA) is 102 Å². The molecule has 176 valence electrons. The molecule has 1 aliphatic heterocycles. The van der Waals surface area contributed by atoms with Crippen LogP contribution in [-0.4, -0.2) is 43.8 Å². The summed E-state index contributed by atoms with van der Waals surface area (Å²) in [5, 5.41) is 4.71. The average molecular weight is 490 g/mol. The van der Waals surface area contributed by atoms with Gasteiger partial charge in [-0.15, -0.1) is 11.3 Å². The first-order chi connectivity index (χ1) is 15.8. The highest BCUT2D eigenvalue weighted by Crippen LogP contribution is 2.32. The molecule has 1 aromatic carbocycles. The van der Waals surface area contributed by atoms with Crippen LogP contribution in [0.25, 0.3) is 10.8 Å². The summed E-state index contributed by atoms with van der Waals surface area (Å²) in [6.45, 7) is 5.15. The van der Waals surface area contributed by atoms with Crippen LogP contribution < -0.4 is 10.1 Å². The van der Waals surface area contributed by atoms with Crippen molar-refractivity contribution >= 4 is 27.3 Å². The molecule has 0 aliphatic carbocycles. The van der Waals surface area contributed by atoms with Crippen molar-refractivity contribution in [3.05, 3.63) is 53.2 Å². The van der Waals surface area contributed by atoms with E-state index in [4.69, 9.17) is 9.15 Å². The van der Waals surface area contributed by atoms with Gasteiger partial charge in [0.05, 0.1) is 24.2 Å². The Bertz CT molecular complexity index is 1210. The molecule has 2 atom stereocenters. The first kappa shape index (κ1) is 23.5. The van der Waals surface area contributed by atoms with E-state index in [0.717, 1.165) is 11.3 Å². The van der Waals surface area contributed by atoms with Gasteiger partial charge in [-0.3, -0.25) is 4.79 Å². The number of rotatable bonds is 7. The number of aromatic nitrogens is 1. The molecule has 0 spiro atoms. The lowest BCUT2D eigenvalue weighted by molar-refractivity contribution is 0.0950. The van der Waals surface area contributed by atoms with Crippen LogP contribution in [0.2, 0.25) is 0 Å². The number of methoxy groups -OCH3 is 1. The molecule has 1 N–H and O–H groups in total. The van der Waals surface area contributed by atoms with Crippen molar-refractivity contribution in [3.8, 4) is 16.5 Å². The third-order valence-electron chi connectivity index (χ3n) is 5.59. The highest BCUT2D eigenvalue weighted by molar-refractivity contribution is 7.89. The highest BCUT2D eigenvalue weighted by atomic mass is 32.2. The second-order valence-electron chi connectivity index (χ2n) is 8.44. The summed E-state index contributed by atoms with van der Waals surface area (Å²) >= 11 is 1.51. The van der Waals surface area contributed by atoms with Gasteiger partial charge in [-0.1, -0.05) is 19.9 Å². The van der Waals surface area contributed by atoms with Crippen molar-refractivity contribution in [3.63, 3.8) is 0 Å². The Morgan fingerprint density at radius 2 is 2.03 bits per heavy atom. The monoisotopic (exact) mass is 489 g/mol. The number of carbonyl (C=O) groups is 1. The molecule has 3 heterocycles. The number of benzene rings is 1. The molecule has 4 rings (SSSR count). The Kier molecular flexibility index (Phi) is 6.87. The number of thiophene rings is 1. The van der Waals surface area contributed by atoms with Gasteiger partial charge in [0.1, 0.15) is 16.9 Å². The van der Waals surface area contributed by atoms with Crippen LogP contribution >= 0.6 is 11.3 Å². The van der Waals surface area contributed by atoms with Gasteiger partial charge in [0.15, 0.2) is 0 Å². The quantitative estimate of drug-likeness (QED) is 0.538. The van der Waals surface area contributed by atoms with Gasteiger partial charge >= 0.3 is 0 Å². The largest absolute Gasteiger partial charge is 0.495 e. The van der Waals surface area contributed by atoms with E-state index in [1.165, 1.54) is 41.1 Å². The number of amides is 1. The summed E-state index contributed by atoms with van der Waals surface area (Å²) < 4.78 is 39.1. The molecule has 8 nitrogen and oxygen atoms in total. The third-order valence-corrected chi connectivity index (χ3v) is 8.30. The molecule has 1 aliphatic rings. The number of nitrogens with one attached hydrogen (secondary N) is 1. The summed E-state index contributed by atoms with van der Waals surface area (Å²) in [7, 11) is -2.39. The molecular weight excluding hydrogens is 462 g/mol. The van der Waals surface area contributed by atoms with Crippen molar-refractivity contribution in [1.29, 1.82) is 0 Å². The molecular formula is C23H27N3O5S2. The smallest absolute Gasteiger partial charge is 0.251 e. The maximum absolute atomic E-state index is 13.4. The first-order valence-corrected chi connectivity index (χ1v) is 13.0. The van der Waals surface area contributed by atoms with E-state index in [2.05, 4.69) is 10.3 Å². The summed E-state index contributed by atoms with van der Waals surface area (Å²) in [5.41, 5.74) is 0.804. The number of hydrogen-bond acceptors (Lipinski definition) is 7. The van der Waals surface area contributed by atoms with E-state index in [1.54, 1.807) is 6.07 Å². The van der Waals surface area contributed by atoms with Crippen LogP contribution in [0, 0.1) is 11.8 Å². The zero-order chi connectivity index (χ0) is 23.6. The number of piperidine rings is 1. The highest BCUT2D eigenvalue weighted by Gasteiger charge is 2.34. The van der Waals surface area contributed by atoms with Crippen LogP contribution in [0.5, 0.6) is 5.75 Å². The maximum Gasteiger partial charge on any atom is 0.251 e. The Balaban J connectivity index is 1.52. The Morgan fingerprint density at radius 3 is 2.70 bits per heavy atom. The molecule has 1 fully saturated rings. The second-order valence-corrected chi connectivity index (χ2v) is 11.3. The number of ether oxygens (including phenoxy) is 1. The zero-order valence-corrected chi connectivity index (χ0v) is 20.4. The Morgan fingerprint density at radius 1 is 1.27 bits per heavy atom. The standard InChI is InChI=1S/C23H27N3O5S2/c1-15-9-16(2)13-26(12-15)33(28,29)21-10-17(6-7-19(21)30-3)22(27)24-11-18-14-31-23(25-18)20-5-4-8-32-20/h4-8,10,14-16H,9,11-13H2,1-3H3,(H,24,27)/t15-,16-/m0/s1. The van der Waals surface area contributed by atoms with Gasteiger partial charge < -0.3 is 14.5 Å². The molecule has 0 saturated carbocycles. The lowest BCUT2D eigenvalue weighted by Crippen LogP contribution is -2.42. The van der Waals surface area contributed by atoms with Gasteiger partial charge in [0, 0.05) is 18.7 Å². The summed E-state index contributed by atoms with van der Waals surface area (Å²) in [5.74, 6) is 0.840. The fourth-order valence-corrected chi connectivity index (χ4v) is 6.65. The second kappa shape index (κ2) is 9.66. The predicted octanol–water partition coefficient (Wildman–Crippen LogP) is 4.01. The average Bonchev–Trinajstić information content (AvgIpc) is 3.48. The third kappa shape index (κ3) is 5.13. The van der Waals surface area contributed by atoms with E-state index < -0.39 is 15.9 Å². The molecule has 2 aromatic heterocycles. The van der Waals surface area contributed by atoms with Crippen molar-refractivity contribution < 1.29 is 22.4 Å². The van der Waals surface area contributed by atoms with E-state index >= 15 is 0 Å². The lowest BCUT2D eigenvalue weighted by Gasteiger charge is -2.34. The fraction of sp³-hybridized carbons (Fsp3) is 0.391. The van der Waals surface area contributed by atoms with Crippen molar-refractivity contribution in [2.75, 3.05) is 20.2 Å². The maximum atomic E-state index is 13.4. The Labute approximate surface area is 197 Å². The molecule has 1 saturated heterocycles. The van der Waals surface area contributed by atoms with E-state index in [0.29, 0.717) is 24.7 Å². The van der Waals surface area contributed by atoms with Gasteiger partial charge in [0.2, 0.25) is 15.9 Å². The number of sulfonamides is 1. The molecule has 10 heteroatoms. The predicted molar refractivity (Wildman–Crippen MR) is 126 cm³/mol. The zero-order valence-electron chi connectivity index (χ0n) is 18.8. The number of nitrogens with zero attached hydrogens (tertiary/aromatic N) is 2. The number of oxazole rings is 1. The van der Waals surface area contributed by atoms with E-state index in [9.17, 15) is 13.2 Å². The van der Waals surface area contributed by atoms with Crippen LogP contribution in [0.4, 0.5) is 0 Å². The van der Waals surface area contributed by atoms with Crippen LogP contribution in [0.1, 0.15) is 36.3 Å². The summed E-state index contributed by atoms with van der Waals surface area (Å²) in [6, 6.07) is 8.26. The van der Waals surface area contributed by atoms with Crippen molar-refractivity contribution in [1.82, 2.24) is 14.6 Å². The summed E-state index contributed by atoms with van der Waals surface area (Å²) in [6.07, 6.45) is 2.49. The number of hydrogen-bond donors (Lipinski definition) is 1. The summed E-state index contributed by atoms with van der Waals surface area (Å²) in [4.78, 5) is 18.1. The van der Waals surface area contributed by atoms with Crippen LogP contribution in [0.15, 0.2) is 51.3 Å². The normalized spacial score (nSPS) is 19.4. The minimum atomic E-state index is -3.81. The molecule has 0 bridgehead atoms.